The molecule has 1 amide bonds. The minimum absolute atomic E-state index is 0.0317. The Kier molecular flexibility index (Phi) is 10.6. The van der Waals surface area contributed by atoms with Crippen LogP contribution in [0.2, 0.25) is 0 Å². The number of carbonyl (C=O) groups is 1. The van der Waals surface area contributed by atoms with Gasteiger partial charge in [-0.2, -0.15) is 0 Å². The molecule has 9 nitrogen and oxygen atoms in total. The quantitative estimate of drug-likeness (QED) is 0.238. The summed E-state index contributed by atoms with van der Waals surface area (Å²) in [5.74, 6) is 0.668. The number of carbonyl (C=O) groups excluding carboxylic acids is 1. The Labute approximate surface area is 285 Å². The molecular weight excluding hydrogens is 627 g/mol. The van der Waals surface area contributed by atoms with Crippen molar-refractivity contribution in [1.82, 2.24) is 10.2 Å². The van der Waals surface area contributed by atoms with E-state index in [-0.39, 0.29) is 41.2 Å². The molecule has 3 aliphatic rings. The molecule has 0 radical (unpaired) electrons. The average Bonchev–Trinajstić information content (AvgIpc) is 3.08. The zero-order valence-electron chi connectivity index (χ0n) is 28.2. The summed E-state index contributed by atoms with van der Waals surface area (Å²) in [4.78, 5) is 16.3. The van der Waals surface area contributed by atoms with E-state index in [0.29, 0.717) is 30.6 Å². The number of hydrogen-bond donors (Lipinski definition) is 3. The summed E-state index contributed by atoms with van der Waals surface area (Å²) in [7, 11) is -3.73. The Hall–Kier alpha value is -3.28. The molecule has 3 fully saturated rings. The smallest absolute Gasteiger partial charge is 0.261 e. The van der Waals surface area contributed by atoms with Gasteiger partial charge in [-0.15, -0.1) is 0 Å². The summed E-state index contributed by atoms with van der Waals surface area (Å²) >= 11 is 0. The van der Waals surface area contributed by atoms with Gasteiger partial charge in [0.15, 0.2) is 6.29 Å². The van der Waals surface area contributed by atoms with Crippen LogP contribution in [0.25, 0.3) is 0 Å². The number of fused-ring (bicyclic) bond motifs is 1. The highest BCUT2D eigenvalue weighted by Gasteiger charge is 2.44. The van der Waals surface area contributed by atoms with Gasteiger partial charge in [-0.05, 0) is 87.8 Å². The predicted octanol–water partition coefficient (Wildman–Crippen LogP) is 6.46. The van der Waals surface area contributed by atoms with Crippen molar-refractivity contribution in [2.75, 3.05) is 11.3 Å². The second kappa shape index (κ2) is 14.7. The molecule has 6 atom stereocenters. The molecule has 0 bridgehead atoms. The molecule has 48 heavy (non-hydrogen) atoms. The first-order valence-corrected chi connectivity index (χ1v) is 18.7. The molecule has 2 heterocycles. The van der Waals surface area contributed by atoms with Crippen LogP contribution in [-0.4, -0.2) is 54.6 Å². The van der Waals surface area contributed by atoms with Crippen molar-refractivity contribution < 1.29 is 27.8 Å². The van der Waals surface area contributed by atoms with Gasteiger partial charge in [0.05, 0.1) is 29.8 Å². The first-order valence-electron chi connectivity index (χ1n) is 17.3. The maximum atomic E-state index is 13.7. The third-order valence-electron chi connectivity index (χ3n) is 9.82. The summed E-state index contributed by atoms with van der Waals surface area (Å²) in [6, 6.07) is 23.3. The molecule has 258 valence electrons. The second-order valence-electron chi connectivity index (χ2n) is 14.5. The molecule has 1 saturated carbocycles. The van der Waals surface area contributed by atoms with Crippen molar-refractivity contribution in [3.05, 3.63) is 95.6 Å². The highest BCUT2D eigenvalue weighted by molar-refractivity contribution is 7.92. The van der Waals surface area contributed by atoms with E-state index in [0.717, 1.165) is 36.0 Å². The molecule has 1 aliphatic carbocycles. The minimum atomic E-state index is -3.73. The van der Waals surface area contributed by atoms with Gasteiger partial charge in [0.1, 0.15) is 0 Å². The van der Waals surface area contributed by atoms with Gasteiger partial charge >= 0.3 is 0 Å². The van der Waals surface area contributed by atoms with Crippen molar-refractivity contribution in [3.8, 4) is 0 Å². The third kappa shape index (κ3) is 8.29. The summed E-state index contributed by atoms with van der Waals surface area (Å²) in [6.07, 6.45) is 6.04. The lowest BCUT2D eigenvalue weighted by Crippen LogP contribution is -2.61. The molecule has 3 aromatic carbocycles. The Morgan fingerprint density at radius 2 is 1.56 bits per heavy atom. The summed E-state index contributed by atoms with van der Waals surface area (Å²) in [6.45, 7) is 6.66. The first-order chi connectivity index (χ1) is 23.0. The standard InChI is InChI=1S/C38H49N3O6S/c1-38(2,3)39-36(43)34-22-19-27-9-7-8-12-33(27)41(34)24-31-23-35(28-15-13-26(25-42)14-16-28)47-37(46-31)29-17-20-30(21-18-29)40-48(44,45)32-10-5-4-6-11-32/h4-6,10-11,13-18,20-21,27,31,33-35,37,40,42H,7-9,12,19,22-25H2,1-3H3,(H,39,43)/t27-,31-,33-,34-,35+,37+/m1/s1. The van der Waals surface area contributed by atoms with Gasteiger partial charge in [0, 0.05) is 35.8 Å². The van der Waals surface area contributed by atoms with Crippen LogP contribution in [0.1, 0.15) is 94.8 Å². The fourth-order valence-corrected chi connectivity index (χ4v) is 8.60. The Morgan fingerprint density at radius 3 is 2.25 bits per heavy atom. The lowest BCUT2D eigenvalue weighted by atomic mass is 9.75. The molecule has 2 saturated heterocycles. The topological polar surface area (TPSA) is 117 Å². The SMILES string of the molecule is CC(C)(C)NC(=O)[C@H]1CC[C@H]2CCCC[C@H]2N1C[C@H]1C[C@@H](c2ccc(CO)cc2)O[C@@H](c2ccc(NS(=O)(=O)c3ccccc3)cc2)O1. The van der Waals surface area contributed by atoms with Crippen LogP contribution >= 0.6 is 0 Å². The van der Waals surface area contributed by atoms with Crippen molar-refractivity contribution in [2.45, 2.75) is 113 Å². The number of aliphatic hydroxyl groups excluding tert-OH is 1. The maximum absolute atomic E-state index is 13.7. The van der Waals surface area contributed by atoms with Crippen LogP contribution in [0.3, 0.4) is 0 Å². The van der Waals surface area contributed by atoms with Gasteiger partial charge in [0.25, 0.3) is 10.0 Å². The maximum Gasteiger partial charge on any atom is 0.261 e. The van der Waals surface area contributed by atoms with Crippen LogP contribution in [0.4, 0.5) is 5.69 Å². The lowest BCUT2D eigenvalue weighted by molar-refractivity contribution is -0.255. The summed E-state index contributed by atoms with van der Waals surface area (Å²) in [5, 5.41) is 12.9. The number of benzene rings is 3. The van der Waals surface area contributed by atoms with Gasteiger partial charge in [-0.25, -0.2) is 8.42 Å². The number of hydrogen-bond acceptors (Lipinski definition) is 7. The van der Waals surface area contributed by atoms with E-state index < -0.39 is 16.3 Å². The fraction of sp³-hybridized carbons (Fsp3) is 0.500. The Morgan fingerprint density at radius 1 is 0.875 bits per heavy atom. The molecule has 6 rings (SSSR count). The number of nitrogens with one attached hydrogen (secondary N) is 2. The van der Waals surface area contributed by atoms with Gasteiger partial charge in [-0.1, -0.05) is 67.4 Å². The van der Waals surface area contributed by atoms with Crippen LogP contribution in [0.5, 0.6) is 0 Å². The van der Waals surface area contributed by atoms with E-state index in [1.165, 1.54) is 19.3 Å². The molecule has 0 unspecified atom stereocenters. The normalized spacial score (nSPS) is 26.8. The number of amides is 1. The van der Waals surface area contributed by atoms with E-state index >= 15 is 0 Å². The first kappa shape index (κ1) is 34.6. The van der Waals surface area contributed by atoms with Crippen LogP contribution in [0.15, 0.2) is 83.8 Å². The number of anilines is 1. The number of piperidine rings is 1. The number of ether oxygens (including phenoxy) is 2. The van der Waals surface area contributed by atoms with E-state index in [1.54, 1.807) is 42.5 Å². The van der Waals surface area contributed by atoms with Crippen molar-refractivity contribution in [3.63, 3.8) is 0 Å². The largest absolute Gasteiger partial charge is 0.392 e. The van der Waals surface area contributed by atoms with Crippen molar-refractivity contribution in [1.29, 1.82) is 0 Å². The predicted molar refractivity (Wildman–Crippen MR) is 185 cm³/mol. The number of rotatable bonds is 9. The van der Waals surface area contributed by atoms with Gasteiger partial charge in [-0.3, -0.25) is 14.4 Å². The molecule has 0 spiro atoms. The average molecular weight is 676 g/mol. The van der Waals surface area contributed by atoms with Crippen LogP contribution in [-0.2, 0) is 30.9 Å². The Balaban J connectivity index is 1.25. The van der Waals surface area contributed by atoms with E-state index in [4.69, 9.17) is 9.47 Å². The number of aliphatic hydroxyl groups is 1. The molecule has 2 aliphatic heterocycles. The van der Waals surface area contributed by atoms with E-state index in [1.807, 2.05) is 57.2 Å². The number of nitrogens with zero attached hydrogens (tertiary/aromatic N) is 1. The van der Waals surface area contributed by atoms with Crippen LogP contribution in [0, 0.1) is 5.92 Å². The molecule has 0 aromatic heterocycles. The zero-order chi connectivity index (χ0) is 33.9. The number of likely N-dealkylation sites (tertiary alicyclic amines) is 1. The van der Waals surface area contributed by atoms with Gasteiger partial charge in [0.2, 0.25) is 5.91 Å². The number of sulfonamides is 1. The van der Waals surface area contributed by atoms with E-state index in [9.17, 15) is 18.3 Å². The minimum Gasteiger partial charge on any atom is -0.392 e. The zero-order valence-corrected chi connectivity index (χ0v) is 29.0. The highest BCUT2D eigenvalue weighted by Crippen LogP contribution is 2.42. The van der Waals surface area contributed by atoms with Crippen molar-refractivity contribution in [2.24, 2.45) is 5.92 Å². The van der Waals surface area contributed by atoms with E-state index in [2.05, 4.69) is 14.9 Å². The molecular formula is C38H49N3O6S. The lowest BCUT2D eigenvalue weighted by Gasteiger charge is -2.50. The fourth-order valence-electron chi connectivity index (χ4n) is 7.52. The molecule has 10 heteroatoms. The third-order valence-corrected chi connectivity index (χ3v) is 11.2. The van der Waals surface area contributed by atoms with Gasteiger partial charge < -0.3 is 19.9 Å². The molecule has 3 N–H and O–H groups in total. The Bertz CT molecular complexity index is 1630. The second-order valence-corrected chi connectivity index (χ2v) is 16.2. The summed E-state index contributed by atoms with van der Waals surface area (Å²) < 4.78 is 41.8. The summed E-state index contributed by atoms with van der Waals surface area (Å²) in [5.41, 5.74) is 2.72. The van der Waals surface area contributed by atoms with Crippen molar-refractivity contribution >= 4 is 21.6 Å². The van der Waals surface area contributed by atoms with Crippen LogP contribution < -0.4 is 10.0 Å². The molecule has 3 aromatic rings. The monoisotopic (exact) mass is 675 g/mol. The highest BCUT2D eigenvalue weighted by atomic mass is 32.2.